The molecule has 0 saturated carbocycles. The van der Waals surface area contributed by atoms with Crippen LogP contribution in [-0.2, 0) is 4.79 Å². The number of rotatable bonds is 6. The summed E-state index contributed by atoms with van der Waals surface area (Å²) in [5, 5.41) is 2.69. The fraction of sp³-hybridized carbons (Fsp3) is 0.222. The molecule has 5 nitrogen and oxygen atoms in total. The summed E-state index contributed by atoms with van der Waals surface area (Å²) >= 11 is 3.43. The van der Waals surface area contributed by atoms with E-state index in [1.165, 1.54) is 6.07 Å². The summed E-state index contributed by atoms with van der Waals surface area (Å²) in [7, 11) is 0. The van der Waals surface area contributed by atoms with Gasteiger partial charge < -0.3 is 15.8 Å². The van der Waals surface area contributed by atoms with Crippen LogP contribution in [0.25, 0.3) is 0 Å². The van der Waals surface area contributed by atoms with E-state index in [1.54, 1.807) is 18.2 Å². The van der Waals surface area contributed by atoms with Crippen molar-refractivity contribution in [1.82, 2.24) is 0 Å². The van der Waals surface area contributed by atoms with Crippen LogP contribution in [0.4, 0.5) is 5.69 Å². The predicted molar refractivity (Wildman–Crippen MR) is 97.3 cm³/mol. The molecule has 24 heavy (non-hydrogen) atoms. The fourth-order valence-corrected chi connectivity index (χ4v) is 2.57. The molecule has 2 aromatic rings. The highest BCUT2D eigenvalue weighted by Crippen LogP contribution is 2.29. The molecule has 0 unspecified atom stereocenters. The Kier molecular flexibility index (Phi) is 5.98. The summed E-state index contributed by atoms with van der Waals surface area (Å²) in [6.07, 6.45) is 0. The SMILES string of the molecule is CC(C)c1cc(Br)ccc1OCC(=O)Nc1cccc(C(N)=O)c1. The molecular formula is C18H19BrN2O3. The van der Waals surface area contributed by atoms with Crippen molar-refractivity contribution < 1.29 is 14.3 Å². The number of anilines is 1. The number of ether oxygens (including phenoxy) is 1. The number of primary amides is 1. The van der Waals surface area contributed by atoms with Gasteiger partial charge in [-0.2, -0.15) is 0 Å². The number of hydrogen-bond acceptors (Lipinski definition) is 3. The van der Waals surface area contributed by atoms with Crippen molar-refractivity contribution >= 4 is 33.4 Å². The molecule has 126 valence electrons. The molecule has 2 aromatic carbocycles. The number of hydrogen-bond donors (Lipinski definition) is 2. The molecule has 2 rings (SSSR count). The van der Waals surface area contributed by atoms with Gasteiger partial charge in [-0.3, -0.25) is 9.59 Å². The monoisotopic (exact) mass is 390 g/mol. The molecule has 6 heteroatoms. The van der Waals surface area contributed by atoms with Crippen LogP contribution in [0.15, 0.2) is 46.9 Å². The maximum atomic E-state index is 12.1. The lowest BCUT2D eigenvalue weighted by atomic mass is 10.0. The topological polar surface area (TPSA) is 81.4 Å². The number of nitrogens with one attached hydrogen (secondary N) is 1. The van der Waals surface area contributed by atoms with Crippen LogP contribution in [0, 0.1) is 0 Å². The van der Waals surface area contributed by atoms with E-state index in [4.69, 9.17) is 10.5 Å². The van der Waals surface area contributed by atoms with E-state index in [0.717, 1.165) is 10.0 Å². The van der Waals surface area contributed by atoms with Gasteiger partial charge in [-0.05, 0) is 47.9 Å². The first-order chi connectivity index (χ1) is 11.4. The maximum absolute atomic E-state index is 12.1. The van der Waals surface area contributed by atoms with Gasteiger partial charge in [0.25, 0.3) is 5.91 Å². The molecule has 2 amide bonds. The van der Waals surface area contributed by atoms with Gasteiger partial charge in [-0.15, -0.1) is 0 Å². The Bertz CT molecular complexity index is 760. The van der Waals surface area contributed by atoms with Gasteiger partial charge in [0.05, 0.1) is 0 Å². The highest BCUT2D eigenvalue weighted by atomic mass is 79.9. The Morgan fingerprint density at radius 3 is 2.62 bits per heavy atom. The first kappa shape index (κ1) is 18.0. The van der Waals surface area contributed by atoms with Crippen LogP contribution in [0.2, 0.25) is 0 Å². The number of carbonyl (C=O) groups excluding carboxylic acids is 2. The third-order valence-electron chi connectivity index (χ3n) is 3.38. The van der Waals surface area contributed by atoms with Gasteiger partial charge in [0.15, 0.2) is 6.61 Å². The molecule has 0 radical (unpaired) electrons. The molecule has 0 aliphatic heterocycles. The Hall–Kier alpha value is -2.34. The Labute approximate surface area is 149 Å². The van der Waals surface area contributed by atoms with Gasteiger partial charge in [-0.1, -0.05) is 35.8 Å². The molecular weight excluding hydrogens is 372 g/mol. The zero-order valence-electron chi connectivity index (χ0n) is 13.5. The van der Waals surface area contributed by atoms with E-state index in [2.05, 4.69) is 35.1 Å². The largest absolute Gasteiger partial charge is 0.483 e. The highest BCUT2D eigenvalue weighted by molar-refractivity contribution is 9.10. The second-order valence-corrected chi connectivity index (χ2v) is 6.53. The molecule has 0 fully saturated rings. The minimum absolute atomic E-state index is 0.123. The summed E-state index contributed by atoms with van der Waals surface area (Å²) < 4.78 is 6.60. The molecule has 0 saturated heterocycles. The molecule has 0 bridgehead atoms. The lowest BCUT2D eigenvalue weighted by Crippen LogP contribution is -2.21. The van der Waals surface area contributed by atoms with E-state index < -0.39 is 5.91 Å². The minimum Gasteiger partial charge on any atom is -0.483 e. The molecule has 0 atom stereocenters. The Morgan fingerprint density at radius 2 is 1.96 bits per heavy atom. The third-order valence-corrected chi connectivity index (χ3v) is 3.88. The molecule has 0 heterocycles. The van der Waals surface area contributed by atoms with Crippen LogP contribution in [0.3, 0.4) is 0 Å². The van der Waals surface area contributed by atoms with Crippen molar-refractivity contribution in [3.8, 4) is 5.75 Å². The normalized spacial score (nSPS) is 10.5. The molecule has 0 aliphatic rings. The van der Waals surface area contributed by atoms with Crippen LogP contribution >= 0.6 is 15.9 Å². The molecule has 0 aromatic heterocycles. The average Bonchev–Trinajstić information content (AvgIpc) is 2.53. The predicted octanol–water partition coefficient (Wildman–Crippen LogP) is 3.69. The van der Waals surface area contributed by atoms with Gasteiger partial charge >= 0.3 is 0 Å². The van der Waals surface area contributed by atoms with E-state index in [-0.39, 0.29) is 18.4 Å². The summed E-state index contributed by atoms with van der Waals surface area (Å²) in [6.45, 7) is 4.00. The van der Waals surface area contributed by atoms with Crippen LogP contribution in [0.1, 0.15) is 35.7 Å². The van der Waals surface area contributed by atoms with E-state index >= 15 is 0 Å². The summed E-state index contributed by atoms with van der Waals surface area (Å²) in [4.78, 5) is 23.2. The lowest BCUT2D eigenvalue weighted by molar-refractivity contribution is -0.118. The van der Waals surface area contributed by atoms with Crippen molar-refractivity contribution in [2.75, 3.05) is 11.9 Å². The van der Waals surface area contributed by atoms with Crippen LogP contribution < -0.4 is 15.8 Å². The smallest absolute Gasteiger partial charge is 0.262 e. The fourth-order valence-electron chi connectivity index (χ4n) is 2.19. The zero-order chi connectivity index (χ0) is 17.7. The van der Waals surface area contributed by atoms with Gasteiger partial charge in [0.1, 0.15) is 5.75 Å². The molecule has 0 spiro atoms. The number of halogens is 1. The van der Waals surface area contributed by atoms with Crippen molar-refractivity contribution in [2.24, 2.45) is 5.73 Å². The number of amides is 2. The number of carbonyl (C=O) groups is 2. The first-order valence-electron chi connectivity index (χ1n) is 7.49. The van der Waals surface area contributed by atoms with Crippen molar-refractivity contribution in [1.29, 1.82) is 0 Å². The van der Waals surface area contributed by atoms with Gasteiger partial charge in [0, 0.05) is 15.7 Å². The van der Waals surface area contributed by atoms with E-state index in [9.17, 15) is 9.59 Å². The van der Waals surface area contributed by atoms with Crippen molar-refractivity contribution in [3.63, 3.8) is 0 Å². The Morgan fingerprint density at radius 1 is 1.21 bits per heavy atom. The van der Waals surface area contributed by atoms with E-state index in [0.29, 0.717) is 17.0 Å². The highest BCUT2D eigenvalue weighted by Gasteiger charge is 2.11. The van der Waals surface area contributed by atoms with Crippen LogP contribution in [-0.4, -0.2) is 18.4 Å². The molecule has 3 N–H and O–H groups in total. The summed E-state index contributed by atoms with van der Waals surface area (Å²) in [5.74, 6) is 0.0927. The van der Waals surface area contributed by atoms with Crippen molar-refractivity contribution in [3.05, 3.63) is 58.1 Å². The van der Waals surface area contributed by atoms with Gasteiger partial charge in [0.2, 0.25) is 5.91 Å². The maximum Gasteiger partial charge on any atom is 0.262 e. The Balaban J connectivity index is 2.01. The quantitative estimate of drug-likeness (QED) is 0.788. The summed E-state index contributed by atoms with van der Waals surface area (Å²) in [5.41, 5.74) is 7.08. The molecule has 0 aliphatic carbocycles. The third kappa shape index (κ3) is 4.83. The van der Waals surface area contributed by atoms with Crippen molar-refractivity contribution in [2.45, 2.75) is 19.8 Å². The summed E-state index contributed by atoms with van der Waals surface area (Å²) in [6, 6.07) is 12.1. The van der Waals surface area contributed by atoms with E-state index in [1.807, 2.05) is 18.2 Å². The second kappa shape index (κ2) is 7.97. The number of nitrogens with two attached hydrogens (primary N) is 1. The number of benzene rings is 2. The first-order valence-corrected chi connectivity index (χ1v) is 8.28. The van der Waals surface area contributed by atoms with Gasteiger partial charge in [-0.25, -0.2) is 0 Å². The average molecular weight is 391 g/mol. The van der Waals surface area contributed by atoms with Crippen LogP contribution in [0.5, 0.6) is 5.75 Å². The standard InChI is InChI=1S/C18H19BrN2O3/c1-11(2)15-9-13(19)6-7-16(15)24-10-17(22)21-14-5-3-4-12(8-14)18(20)23/h3-9,11H,10H2,1-2H3,(H2,20,23)(H,21,22). The lowest BCUT2D eigenvalue weighted by Gasteiger charge is -2.14. The second-order valence-electron chi connectivity index (χ2n) is 5.62. The zero-order valence-corrected chi connectivity index (χ0v) is 15.1. The minimum atomic E-state index is -0.543.